The highest BCUT2D eigenvalue weighted by atomic mass is 32.2. The first kappa shape index (κ1) is 19.5. The van der Waals surface area contributed by atoms with E-state index in [0.717, 1.165) is 11.1 Å². The zero-order valence-corrected chi connectivity index (χ0v) is 16.5. The number of carbonyl (C=O) groups excluding carboxylic acids is 1. The van der Waals surface area contributed by atoms with E-state index in [1.54, 1.807) is 25.1 Å². The molecule has 1 saturated heterocycles. The quantitative estimate of drug-likeness (QED) is 0.594. The van der Waals surface area contributed by atoms with Gasteiger partial charge in [0, 0.05) is 13.1 Å². The Hall–Kier alpha value is -2.22. The Bertz CT molecular complexity index is 942. The third kappa shape index (κ3) is 4.37. The molecule has 6 nitrogen and oxygen atoms in total. The van der Waals surface area contributed by atoms with E-state index in [2.05, 4.69) is 0 Å². The summed E-state index contributed by atoms with van der Waals surface area (Å²) in [4.78, 5) is 12.7. The van der Waals surface area contributed by atoms with Crippen molar-refractivity contribution in [3.63, 3.8) is 0 Å². The summed E-state index contributed by atoms with van der Waals surface area (Å²) >= 11 is 0. The fourth-order valence-electron chi connectivity index (χ4n) is 3.07. The number of benzene rings is 2. The maximum absolute atomic E-state index is 12.8. The summed E-state index contributed by atoms with van der Waals surface area (Å²) in [5, 5.41) is 0. The van der Waals surface area contributed by atoms with E-state index in [4.69, 9.17) is 9.47 Å². The van der Waals surface area contributed by atoms with Gasteiger partial charge in [-0.05, 0) is 61.7 Å². The Kier molecular flexibility index (Phi) is 5.64. The van der Waals surface area contributed by atoms with Crippen LogP contribution < -0.4 is 4.74 Å². The number of carbonyl (C=O) groups is 1. The van der Waals surface area contributed by atoms with Gasteiger partial charge in [0.2, 0.25) is 10.0 Å². The van der Waals surface area contributed by atoms with Gasteiger partial charge in [0.1, 0.15) is 5.75 Å². The second-order valence-corrected chi connectivity index (χ2v) is 8.64. The summed E-state index contributed by atoms with van der Waals surface area (Å²) < 4.78 is 37.8. The van der Waals surface area contributed by atoms with Gasteiger partial charge in [-0.15, -0.1) is 0 Å². The van der Waals surface area contributed by atoms with Crippen molar-refractivity contribution in [2.75, 3.05) is 26.3 Å². The minimum atomic E-state index is -3.68. The van der Waals surface area contributed by atoms with E-state index in [0.29, 0.717) is 37.6 Å². The molecule has 144 valence electrons. The van der Waals surface area contributed by atoms with Crippen LogP contribution in [0.2, 0.25) is 0 Å². The molecule has 1 fully saturated rings. The summed E-state index contributed by atoms with van der Waals surface area (Å²) in [5.74, 6) is -0.130. The number of nitrogens with zero attached hydrogens (tertiary/aromatic N) is 1. The van der Waals surface area contributed by atoms with Crippen molar-refractivity contribution in [1.29, 1.82) is 0 Å². The average Bonchev–Trinajstić information content (AvgIpc) is 2.61. The largest absolute Gasteiger partial charge is 0.423 e. The van der Waals surface area contributed by atoms with Crippen LogP contribution in [-0.2, 0) is 14.8 Å². The third-order valence-electron chi connectivity index (χ3n) is 4.44. The summed E-state index contributed by atoms with van der Waals surface area (Å²) in [6.07, 6.45) is 0. The molecule has 0 bridgehead atoms. The van der Waals surface area contributed by atoms with Crippen LogP contribution in [0.25, 0.3) is 0 Å². The number of esters is 1. The topological polar surface area (TPSA) is 72.9 Å². The predicted octanol–water partition coefficient (Wildman–Crippen LogP) is 2.85. The lowest BCUT2D eigenvalue weighted by molar-refractivity contribution is 0.0727. The molecule has 27 heavy (non-hydrogen) atoms. The Balaban J connectivity index is 1.89. The predicted molar refractivity (Wildman–Crippen MR) is 102 cm³/mol. The number of sulfonamides is 1. The number of rotatable bonds is 4. The number of ether oxygens (including phenoxy) is 2. The highest BCUT2D eigenvalue weighted by Crippen LogP contribution is 2.23. The molecule has 2 aromatic rings. The van der Waals surface area contributed by atoms with E-state index >= 15 is 0 Å². The molecular weight excluding hydrogens is 366 g/mol. The number of aryl methyl sites for hydroxylation is 3. The molecule has 0 aromatic heterocycles. The Labute approximate surface area is 159 Å². The van der Waals surface area contributed by atoms with Crippen LogP contribution in [0.15, 0.2) is 41.3 Å². The number of morpholine rings is 1. The highest BCUT2D eigenvalue weighted by Gasteiger charge is 2.27. The molecule has 0 amide bonds. The monoisotopic (exact) mass is 389 g/mol. The second kappa shape index (κ2) is 7.80. The fourth-order valence-corrected chi connectivity index (χ4v) is 4.51. The maximum Gasteiger partial charge on any atom is 0.343 e. The third-order valence-corrected chi connectivity index (χ3v) is 6.34. The molecule has 1 aliphatic rings. The summed E-state index contributed by atoms with van der Waals surface area (Å²) in [5.41, 5.74) is 2.87. The van der Waals surface area contributed by atoms with Crippen LogP contribution in [0.3, 0.4) is 0 Å². The van der Waals surface area contributed by atoms with E-state index in [9.17, 15) is 13.2 Å². The first-order valence-corrected chi connectivity index (χ1v) is 10.2. The van der Waals surface area contributed by atoms with Gasteiger partial charge < -0.3 is 9.47 Å². The second-order valence-electron chi connectivity index (χ2n) is 6.71. The summed E-state index contributed by atoms with van der Waals surface area (Å²) in [7, 11) is -3.68. The van der Waals surface area contributed by atoms with Crippen LogP contribution >= 0.6 is 0 Å². The first-order valence-electron chi connectivity index (χ1n) is 8.76. The molecule has 1 aliphatic heterocycles. The van der Waals surface area contributed by atoms with Crippen LogP contribution in [0.5, 0.6) is 5.75 Å². The zero-order chi connectivity index (χ0) is 19.6. The molecule has 2 aromatic carbocycles. The molecular formula is C20H23NO5S. The molecule has 7 heteroatoms. The molecule has 3 rings (SSSR count). The van der Waals surface area contributed by atoms with Crippen molar-refractivity contribution in [3.05, 3.63) is 58.7 Å². The molecule has 0 radical (unpaired) electrons. The van der Waals surface area contributed by atoms with Crippen molar-refractivity contribution < 1.29 is 22.7 Å². The van der Waals surface area contributed by atoms with Crippen molar-refractivity contribution in [1.82, 2.24) is 4.31 Å². The SMILES string of the molecule is Cc1cc(C)cc(OC(=O)c2cc(S(=O)(=O)N3CCOCC3)ccc2C)c1. The van der Waals surface area contributed by atoms with Gasteiger partial charge in [-0.3, -0.25) is 0 Å². The van der Waals surface area contributed by atoms with Gasteiger partial charge in [-0.25, -0.2) is 13.2 Å². The van der Waals surface area contributed by atoms with Crippen molar-refractivity contribution in [2.45, 2.75) is 25.7 Å². The molecule has 1 heterocycles. The Morgan fingerprint density at radius 2 is 1.63 bits per heavy atom. The van der Waals surface area contributed by atoms with Gasteiger partial charge in [0.15, 0.2) is 0 Å². The van der Waals surface area contributed by atoms with Gasteiger partial charge in [0.05, 0.1) is 23.7 Å². The lowest BCUT2D eigenvalue weighted by Gasteiger charge is -2.26. The summed E-state index contributed by atoms with van der Waals surface area (Å²) in [6, 6.07) is 10.1. The molecule has 0 atom stereocenters. The van der Waals surface area contributed by atoms with Gasteiger partial charge in [0.25, 0.3) is 0 Å². The normalized spacial score (nSPS) is 15.5. The van der Waals surface area contributed by atoms with E-state index in [1.165, 1.54) is 16.4 Å². The van der Waals surface area contributed by atoms with Crippen molar-refractivity contribution in [2.24, 2.45) is 0 Å². The van der Waals surface area contributed by atoms with E-state index in [-0.39, 0.29) is 10.5 Å². The number of hydrogen-bond acceptors (Lipinski definition) is 5. The van der Waals surface area contributed by atoms with Crippen LogP contribution in [0.4, 0.5) is 0 Å². The van der Waals surface area contributed by atoms with Gasteiger partial charge in [-0.1, -0.05) is 12.1 Å². The lowest BCUT2D eigenvalue weighted by atomic mass is 10.1. The minimum absolute atomic E-state index is 0.0855. The fraction of sp³-hybridized carbons (Fsp3) is 0.350. The van der Waals surface area contributed by atoms with Gasteiger partial charge >= 0.3 is 5.97 Å². The van der Waals surface area contributed by atoms with Crippen molar-refractivity contribution in [3.8, 4) is 5.75 Å². The Morgan fingerprint density at radius 3 is 2.26 bits per heavy atom. The standard InChI is InChI=1S/C20H23NO5S/c1-14-10-15(2)12-17(11-14)26-20(22)19-13-18(5-4-16(19)3)27(23,24)21-6-8-25-9-7-21/h4-5,10-13H,6-9H2,1-3H3. The molecule has 0 unspecified atom stereocenters. The maximum atomic E-state index is 12.8. The van der Waals surface area contributed by atoms with E-state index in [1.807, 2.05) is 19.9 Å². The molecule has 0 saturated carbocycles. The number of hydrogen-bond donors (Lipinski definition) is 0. The van der Waals surface area contributed by atoms with Crippen molar-refractivity contribution >= 4 is 16.0 Å². The van der Waals surface area contributed by atoms with Crippen LogP contribution in [0, 0.1) is 20.8 Å². The smallest absolute Gasteiger partial charge is 0.343 e. The Morgan fingerprint density at radius 1 is 1.00 bits per heavy atom. The average molecular weight is 389 g/mol. The minimum Gasteiger partial charge on any atom is -0.423 e. The summed E-state index contributed by atoms with van der Waals surface area (Å²) in [6.45, 7) is 6.94. The zero-order valence-electron chi connectivity index (χ0n) is 15.7. The molecule has 0 spiro atoms. The van der Waals surface area contributed by atoms with E-state index < -0.39 is 16.0 Å². The van der Waals surface area contributed by atoms with Crippen LogP contribution in [-0.4, -0.2) is 45.0 Å². The lowest BCUT2D eigenvalue weighted by Crippen LogP contribution is -2.40. The van der Waals surface area contributed by atoms with Gasteiger partial charge in [-0.2, -0.15) is 4.31 Å². The first-order chi connectivity index (χ1) is 12.8. The molecule has 0 aliphatic carbocycles. The highest BCUT2D eigenvalue weighted by molar-refractivity contribution is 7.89. The molecule has 0 N–H and O–H groups in total. The van der Waals surface area contributed by atoms with Crippen LogP contribution in [0.1, 0.15) is 27.0 Å².